The number of ether oxygens (including phenoxy) is 2. The molecule has 3 aromatic heterocycles. The SMILES string of the molecule is COc1cc2[nH]cc(CCNc3nccc(Nc4ccc5[nH]c(C)cc5c4)n3)c2cc1OC. The first-order valence-corrected chi connectivity index (χ1v) is 10.8. The predicted molar refractivity (Wildman–Crippen MR) is 132 cm³/mol. The topological polar surface area (TPSA) is 99.9 Å². The maximum absolute atomic E-state index is 5.45. The van der Waals surface area contributed by atoms with Crippen LogP contribution in [0.3, 0.4) is 0 Å². The van der Waals surface area contributed by atoms with Gasteiger partial charge in [-0.3, -0.25) is 0 Å². The minimum absolute atomic E-state index is 0.581. The molecule has 2 aromatic carbocycles. The van der Waals surface area contributed by atoms with E-state index in [-0.39, 0.29) is 0 Å². The van der Waals surface area contributed by atoms with Gasteiger partial charge in [-0.1, -0.05) is 0 Å². The van der Waals surface area contributed by atoms with Crippen molar-refractivity contribution in [3.63, 3.8) is 0 Å². The fourth-order valence-corrected chi connectivity index (χ4v) is 4.04. The molecule has 0 bridgehead atoms. The van der Waals surface area contributed by atoms with Crippen LogP contribution >= 0.6 is 0 Å². The zero-order chi connectivity index (χ0) is 22.8. The van der Waals surface area contributed by atoms with Gasteiger partial charge in [0.2, 0.25) is 5.95 Å². The van der Waals surface area contributed by atoms with Gasteiger partial charge < -0.3 is 30.1 Å². The standard InChI is InChI=1S/C25H26N6O2/c1-15-10-17-11-18(4-5-20(17)29-15)30-24-7-9-27-25(31-24)26-8-6-16-14-28-21-13-23(33-3)22(32-2)12-19(16)21/h4-5,7,9-14,28-29H,6,8H2,1-3H3,(H2,26,27,30,31). The molecule has 33 heavy (non-hydrogen) atoms. The molecule has 8 nitrogen and oxygen atoms in total. The highest BCUT2D eigenvalue weighted by molar-refractivity contribution is 5.87. The van der Waals surface area contributed by atoms with Crippen molar-refractivity contribution in [1.29, 1.82) is 0 Å². The first kappa shape index (κ1) is 20.7. The summed E-state index contributed by atoms with van der Waals surface area (Å²) in [6.07, 6.45) is 4.57. The number of benzene rings is 2. The maximum Gasteiger partial charge on any atom is 0.224 e. The van der Waals surface area contributed by atoms with E-state index >= 15 is 0 Å². The Kier molecular flexibility index (Phi) is 5.48. The Balaban J connectivity index is 1.25. The molecule has 0 unspecified atom stereocenters. The number of hydrogen-bond acceptors (Lipinski definition) is 6. The highest BCUT2D eigenvalue weighted by Gasteiger charge is 2.11. The fraction of sp³-hybridized carbons (Fsp3) is 0.200. The number of nitrogens with one attached hydrogen (secondary N) is 4. The van der Waals surface area contributed by atoms with E-state index < -0.39 is 0 Å². The predicted octanol–water partition coefficient (Wildman–Crippen LogP) is 5.16. The van der Waals surface area contributed by atoms with E-state index in [2.05, 4.69) is 55.7 Å². The molecule has 168 valence electrons. The highest BCUT2D eigenvalue weighted by Crippen LogP contribution is 2.33. The number of aromatic nitrogens is 4. The summed E-state index contributed by atoms with van der Waals surface area (Å²) in [4.78, 5) is 15.6. The third-order valence-corrected chi connectivity index (χ3v) is 5.63. The molecule has 0 radical (unpaired) electrons. The molecule has 0 saturated heterocycles. The van der Waals surface area contributed by atoms with Crippen LogP contribution in [0.25, 0.3) is 21.8 Å². The van der Waals surface area contributed by atoms with Gasteiger partial charge in [0, 0.05) is 58.2 Å². The van der Waals surface area contributed by atoms with Gasteiger partial charge in [-0.25, -0.2) is 4.98 Å². The van der Waals surface area contributed by atoms with Crippen molar-refractivity contribution in [1.82, 2.24) is 19.9 Å². The van der Waals surface area contributed by atoms with Gasteiger partial charge in [-0.05, 0) is 55.3 Å². The number of rotatable bonds is 8. The van der Waals surface area contributed by atoms with E-state index in [1.54, 1.807) is 20.4 Å². The van der Waals surface area contributed by atoms with E-state index in [4.69, 9.17) is 9.47 Å². The molecule has 4 N–H and O–H groups in total. The Bertz CT molecular complexity index is 1420. The lowest BCUT2D eigenvalue weighted by Gasteiger charge is -2.09. The molecule has 0 aliphatic rings. The van der Waals surface area contributed by atoms with Gasteiger partial charge in [0.25, 0.3) is 0 Å². The number of H-pyrrole nitrogens is 2. The second kappa shape index (κ2) is 8.74. The number of anilines is 3. The van der Waals surface area contributed by atoms with Gasteiger partial charge in [0.1, 0.15) is 5.82 Å². The van der Waals surface area contributed by atoms with Crippen LogP contribution < -0.4 is 20.1 Å². The van der Waals surface area contributed by atoms with Crippen molar-refractivity contribution in [3.8, 4) is 11.5 Å². The van der Waals surface area contributed by atoms with Gasteiger partial charge >= 0.3 is 0 Å². The maximum atomic E-state index is 5.45. The first-order chi connectivity index (χ1) is 16.1. The number of aromatic amines is 2. The molecule has 0 aliphatic carbocycles. The molecule has 5 aromatic rings. The molecule has 0 amide bonds. The van der Waals surface area contributed by atoms with Crippen LogP contribution in [0, 0.1) is 6.92 Å². The van der Waals surface area contributed by atoms with Crippen molar-refractivity contribution in [2.45, 2.75) is 13.3 Å². The average Bonchev–Trinajstić information content (AvgIpc) is 3.39. The summed E-state index contributed by atoms with van der Waals surface area (Å²) in [5.41, 5.74) is 5.44. The molecular weight excluding hydrogens is 416 g/mol. The number of aryl methyl sites for hydroxylation is 1. The molecule has 0 saturated carbocycles. The summed E-state index contributed by atoms with van der Waals surface area (Å²) in [5, 5.41) is 8.96. The summed E-state index contributed by atoms with van der Waals surface area (Å²) in [5.74, 6) is 2.75. The van der Waals surface area contributed by atoms with Gasteiger partial charge in [0.05, 0.1) is 14.2 Å². The third-order valence-electron chi connectivity index (χ3n) is 5.63. The Hall–Kier alpha value is -4.20. The molecule has 0 spiro atoms. The zero-order valence-electron chi connectivity index (χ0n) is 18.8. The normalized spacial score (nSPS) is 11.1. The van der Waals surface area contributed by atoms with Gasteiger partial charge in [-0.2, -0.15) is 4.98 Å². The fourth-order valence-electron chi connectivity index (χ4n) is 4.04. The van der Waals surface area contributed by atoms with E-state index in [1.165, 1.54) is 5.56 Å². The number of hydrogen-bond donors (Lipinski definition) is 4. The van der Waals surface area contributed by atoms with Crippen molar-refractivity contribution in [2.24, 2.45) is 0 Å². The van der Waals surface area contributed by atoms with Crippen LogP contribution in [0.1, 0.15) is 11.3 Å². The van der Waals surface area contributed by atoms with Crippen LogP contribution in [0.4, 0.5) is 17.5 Å². The molecule has 3 heterocycles. The van der Waals surface area contributed by atoms with Crippen LogP contribution in [0.2, 0.25) is 0 Å². The van der Waals surface area contributed by atoms with Crippen molar-refractivity contribution >= 4 is 39.3 Å². The third kappa shape index (κ3) is 4.27. The second-order valence-electron chi connectivity index (χ2n) is 7.89. The Morgan fingerprint density at radius 1 is 0.970 bits per heavy atom. The molecular formula is C25H26N6O2. The summed E-state index contributed by atoms with van der Waals surface area (Å²) in [7, 11) is 3.29. The lowest BCUT2D eigenvalue weighted by molar-refractivity contribution is 0.356. The largest absolute Gasteiger partial charge is 0.493 e. The van der Waals surface area contributed by atoms with Crippen LogP contribution in [-0.2, 0) is 6.42 Å². The number of nitrogens with zero attached hydrogens (tertiary/aromatic N) is 2. The zero-order valence-corrected chi connectivity index (χ0v) is 18.8. The van der Waals surface area contributed by atoms with Gasteiger partial charge in [0.15, 0.2) is 11.5 Å². The molecule has 5 rings (SSSR count). The van der Waals surface area contributed by atoms with E-state index in [0.29, 0.717) is 24.0 Å². The van der Waals surface area contributed by atoms with Crippen molar-refractivity contribution in [3.05, 3.63) is 66.1 Å². The minimum atomic E-state index is 0.581. The van der Waals surface area contributed by atoms with E-state index in [9.17, 15) is 0 Å². The smallest absolute Gasteiger partial charge is 0.224 e. The van der Waals surface area contributed by atoms with Crippen LogP contribution in [0.5, 0.6) is 11.5 Å². The number of fused-ring (bicyclic) bond motifs is 2. The highest BCUT2D eigenvalue weighted by atomic mass is 16.5. The molecule has 0 aliphatic heterocycles. The lowest BCUT2D eigenvalue weighted by atomic mass is 10.1. The number of methoxy groups -OCH3 is 2. The summed E-state index contributed by atoms with van der Waals surface area (Å²) in [6.45, 7) is 2.75. The molecule has 0 fully saturated rings. The Labute approximate surface area is 191 Å². The second-order valence-corrected chi connectivity index (χ2v) is 7.89. The summed E-state index contributed by atoms with van der Waals surface area (Å²) in [6, 6.07) is 14.2. The van der Waals surface area contributed by atoms with Crippen molar-refractivity contribution in [2.75, 3.05) is 31.4 Å². The lowest BCUT2D eigenvalue weighted by Crippen LogP contribution is -2.08. The van der Waals surface area contributed by atoms with Crippen LogP contribution in [0.15, 0.2) is 54.9 Å². The summed E-state index contributed by atoms with van der Waals surface area (Å²) >= 11 is 0. The van der Waals surface area contributed by atoms with Crippen LogP contribution in [-0.4, -0.2) is 40.7 Å². The Morgan fingerprint density at radius 2 is 1.82 bits per heavy atom. The molecule has 0 atom stereocenters. The van der Waals surface area contributed by atoms with Crippen molar-refractivity contribution < 1.29 is 9.47 Å². The van der Waals surface area contributed by atoms with E-state index in [0.717, 1.165) is 45.4 Å². The Morgan fingerprint density at radius 3 is 2.67 bits per heavy atom. The van der Waals surface area contributed by atoms with E-state index in [1.807, 2.05) is 30.5 Å². The minimum Gasteiger partial charge on any atom is -0.493 e. The average molecular weight is 443 g/mol. The quantitative estimate of drug-likeness (QED) is 0.265. The summed E-state index contributed by atoms with van der Waals surface area (Å²) < 4.78 is 10.8. The van der Waals surface area contributed by atoms with Gasteiger partial charge in [-0.15, -0.1) is 0 Å². The monoisotopic (exact) mass is 442 g/mol. The molecule has 8 heteroatoms. The first-order valence-electron chi connectivity index (χ1n) is 10.8.